The number of aromatic nitrogens is 2. The predicted molar refractivity (Wildman–Crippen MR) is 68.1 cm³/mol. The fraction of sp³-hybridized carbons (Fsp3) is 0.545. The number of aryl methyl sites for hydroxylation is 1. The third kappa shape index (κ3) is 5.14. The summed E-state index contributed by atoms with van der Waals surface area (Å²) in [6.45, 7) is 7.41. The van der Waals surface area contributed by atoms with Gasteiger partial charge in [0.15, 0.2) is 0 Å². The molecule has 0 aliphatic rings. The highest BCUT2D eigenvalue weighted by molar-refractivity contribution is 5.72. The van der Waals surface area contributed by atoms with E-state index in [4.69, 9.17) is 0 Å². The summed E-state index contributed by atoms with van der Waals surface area (Å²) in [6, 6.07) is 1.89. The van der Waals surface area contributed by atoms with Gasteiger partial charge in [-0.3, -0.25) is 4.79 Å². The molecule has 0 aromatic carbocycles. The van der Waals surface area contributed by atoms with Gasteiger partial charge in [0.2, 0.25) is 11.9 Å². The number of hydrogen-bond donors (Lipinski definition) is 3. The Hall–Kier alpha value is -1.85. The van der Waals surface area contributed by atoms with Crippen molar-refractivity contribution >= 4 is 17.7 Å². The van der Waals surface area contributed by atoms with Crippen LogP contribution in [0.1, 0.15) is 19.5 Å². The van der Waals surface area contributed by atoms with Crippen molar-refractivity contribution in [2.24, 2.45) is 0 Å². The summed E-state index contributed by atoms with van der Waals surface area (Å²) in [6.07, 6.45) is 0. The van der Waals surface area contributed by atoms with E-state index >= 15 is 0 Å². The van der Waals surface area contributed by atoms with Gasteiger partial charge >= 0.3 is 0 Å². The number of nitrogens with zero attached hydrogens (tertiary/aromatic N) is 2. The van der Waals surface area contributed by atoms with Crippen molar-refractivity contribution in [2.45, 2.75) is 20.8 Å². The molecule has 3 N–H and O–H groups in total. The van der Waals surface area contributed by atoms with Crippen LogP contribution in [0.5, 0.6) is 0 Å². The second-order valence-electron chi connectivity index (χ2n) is 3.66. The van der Waals surface area contributed by atoms with Crippen molar-refractivity contribution < 1.29 is 4.79 Å². The average molecular weight is 237 g/mol. The van der Waals surface area contributed by atoms with Crippen molar-refractivity contribution in [3.05, 3.63) is 11.8 Å². The summed E-state index contributed by atoms with van der Waals surface area (Å²) in [7, 11) is 0. The molecule has 6 nitrogen and oxygen atoms in total. The molecular formula is C11H19N5O. The van der Waals surface area contributed by atoms with Gasteiger partial charge in [0.05, 0.1) is 0 Å². The van der Waals surface area contributed by atoms with E-state index in [-0.39, 0.29) is 5.91 Å². The average Bonchev–Trinajstić information content (AvgIpc) is 2.24. The van der Waals surface area contributed by atoms with Gasteiger partial charge in [0, 0.05) is 38.3 Å². The second-order valence-corrected chi connectivity index (χ2v) is 3.66. The molecule has 1 heterocycles. The van der Waals surface area contributed by atoms with Crippen molar-refractivity contribution in [2.75, 3.05) is 30.3 Å². The van der Waals surface area contributed by atoms with Crippen LogP contribution in [0.15, 0.2) is 6.07 Å². The predicted octanol–water partition coefficient (Wildman–Crippen LogP) is 0.765. The minimum atomic E-state index is -0.0368. The van der Waals surface area contributed by atoms with Crippen LogP contribution in [0, 0.1) is 6.92 Å². The summed E-state index contributed by atoms with van der Waals surface area (Å²) in [4.78, 5) is 19.2. The third-order valence-corrected chi connectivity index (χ3v) is 1.99. The lowest BCUT2D eigenvalue weighted by Gasteiger charge is -2.08. The van der Waals surface area contributed by atoms with Gasteiger partial charge in [-0.2, -0.15) is 4.98 Å². The lowest BCUT2D eigenvalue weighted by atomic mass is 10.4. The van der Waals surface area contributed by atoms with Gasteiger partial charge in [-0.15, -0.1) is 0 Å². The van der Waals surface area contributed by atoms with Crippen LogP contribution in [0.4, 0.5) is 11.8 Å². The molecule has 0 radical (unpaired) electrons. The Bertz CT molecular complexity index is 380. The Labute approximate surface area is 101 Å². The zero-order valence-electron chi connectivity index (χ0n) is 10.5. The topological polar surface area (TPSA) is 78.9 Å². The molecule has 6 heteroatoms. The van der Waals surface area contributed by atoms with Crippen LogP contribution in [0.2, 0.25) is 0 Å². The van der Waals surface area contributed by atoms with E-state index in [1.54, 1.807) is 0 Å². The molecule has 0 saturated carbocycles. The smallest absolute Gasteiger partial charge is 0.224 e. The van der Waals surface area contributed by atoms with E-state index in [0.717, 1.165) is 18.1 Å². The maximum absolute atomic E-state index is 10.7. The highest BCUT2D eigenvalue weighted by Gasteiger charge is 2.00. The van der Waals surface area contributed by atoms with Crippen LogP contribution in [-0.2, 0) is 4.79 Å². The molecule has 0 fully saturated rings. The van der Waals surface area contributed by atoms with E-state index < -0.39 is 0 Å². The first-order valence-electron chi connectivity index (χ1n) is 5.69. The molecule has 0 bridgehead atoms. The molecule has 0 atom stereocenters. The molecule has 1 aromatic rings. The zero-order chi connectivity index (χ0) is 12.7. The molecule has 0 spiro atoms. The number of carbonyl (C=O) groups excluding carboxylic acids is 1. The maximum Gasteiger partial charge on any atom is 0.224 e. The number of rotatable bonds is 6. The fourth-order valence-electron chi connectivity index (χ4n) is 1.33. The quantitative estimate of drug-likeness (QED) is 0.637. The number of amides is 1. The summed E-state index contributed by atoms with van der Waals surface area (Å²) < 4.78 is 0. The first kappa shape index (κ1) is 13.2. The van der Waals surface area contributed by atoms with Crippen molar-refractivity contribution in [3.8, 4) is 0 Å². The van der Waals surface area contributed by atoms with Crippen LogP contribution >= 0.6 is 0 Å². The Morgan fingerprint density at radius 1 is 1.29 bits per heavy atom. The monoisotopic (exact) mass is 237 g/mol. The minimum absolute atomic E-state index is 0.0368. The number of carbonyl (C=O) groups is 1. The molecular weight excluding hydrogens is 218 g/mol. The maximum atomic E-state index is 10.7. The molecule has 1 rings (SSSR count). The molecule has 17 heavy (non-hydrogen) atoms. The molecule has 0 aliphatic heterocycles. The van der Waals surface area contributed by atoms with E-state index in [2.05, 4.69) is 25.9 Å². The molecule has 0 aliphatic carbocycles. The van der Waals surface area contributed by atoms with Gasteiger partial charge in [-0.25, -0.2) is 4.98 Å². The van der Waals surface area contributed by atoms with Crippen LogP contribution < -0.4 is 16.0 Å². The van der Waals surface area contributed by atoms with Crippen LogP contribution in [0.25, 0.3) is 0 Å². The van der Waals surface area contributed by atoms with Gasteiger partial charge in [0.1, 0.15) is 5.82 Å². The molecule has 94 valence electrons. The largest absolute Gasteiger partial charge is 0.370 e. The molecule has 0 saturated heterocycles. The summed E-state index contributed by atoms with van der Waals surface area (Å²) >= 11 is 0. The summed E-state index contributed by atoms with van der Waals surface area (Å²) in [5.74, 6) is 1.35. The summed E-state index contributed by atoms with van der Waals surface area (Å²) in [5, 5.41) is 8.90. The van der Waals surface area contributed by atoms with Gasteiger partial charge < -0.3 is 16.0 Å². The SMILES string of the molecule is CCNc1cc(C)nc(NCCNC(C)=O)n1. The highest BCUT2D eigenvalue weighted by atomic mass is 16.1. The van der Waals surface area contributed by atoms with Gasteiger partial charge in [-0.1, -0.05) is 0 Å². The summed E-state index contributed by atoms with van der Waals surface area (Å²) in [5.41, 5.74) is 0.901. The number of anilines is 2. The van der Waals surface area contributed by atoms with E-state index in [0.29, 0.717) is 19.0 Å². The highest BCUT2D eigenvalue weighted by Crippen LogP contribution is 2.08. The molecule has 0 unspecified atom stereocenters. The molecule has 1 aromatic heterocycles. The van der Waals surface area contributed by atoms with Gasteiger partial charge in [0.25, 0.3) is 0 Å². The number of hydrogen-bond acceptors (Lipinski definition) is 5. The Morgan fingerprint density at radius 3 is 2.71 bits per heavy atom. The third-order valence-electron chi connectivity index (χ3n) is 1.99. The van der Waals surface area contributed by atoms with Crippen molar-refractivity contribution in [1.82, 2.24) is 15.3 Å². The van der Waals surface area contributed by atoms with Crippen LogP contribution in [-0.4, -0.2) is 35.5 Å². The first-order chi connectivity index (χ1) is 8.11. The lowest BCUT2D eigenvalue weighted by molar-refractivity contribution is -0.118. The fourth-order valence-corrected chi connectivity index (χ4v) is 1.33. The van der Waals surface area contributed by atoms with Crippen molar-refractivity contribution in [3.63, 3.8) is 0 Å². The molecule has 1 amide bonds. The Kier molecular flexibility index (Phi) is 5.19. The van der Waals surface area contributed by atoms with Crippen molar-refractivity contribution in [1.29, 1.82) is 0 Å². The lowest BCUT2D eigenvalue weighted by Crippen LogP contribution is -2.26. The Balaban J connectivity index is 2.49. The second kappa shape index (κ2) is 6.67. The Morgan fingerprint density at radius 2 is 2.06 bits per heavy atom. The zero-order valence-corrected chi connectivity index (χ0v) is 10.5. The first-order valence-corrected chi connectivity index (χ1v) is 5.69. The van der Waals surface area contributed by atoms with E-state index in [1.165, 1.54) is 6.92 Å². The minimum Gasteiger partial charge on any atom is -0.370 e. The standard InChI is InChI=1S/C11H19N5O/c1-4-12-10-7-8(2)15-11(16-10)14-6-5-13-9(3)17/h7H,4-6H2,1-3H3,(H,13,17)(H2,12,14,15,16). The normalized spacial score (nSPS) is 9.82. The van der Waals surface area contributed by atoms with Crippen LogP contribution in [0.3, 0.4) is 0 Å². The van der Waals surface area contributed by atoms with E-state index in [1.807, 2.05) is 19.9 Å². The van der Waals surface area contributed by atoms with Gasteiger partial charge in [-0.05, 0) is 13.8 Å². The number of nitrogens with one attached hydrogen (secondary N) is 3. The van der Waals surface area contributed by atoms with E-state index in [9.17, 15) is 4.79 Å².